The van der Waals surface area contributed by atoms with Crippen LogP contribution in [0.15, 0.2) is 72.9 Å². The van der Waals surface area contributed by atoms with E-state index in [4.69, 9.17) is 4.74 Å². The Morgan fingerprint density at radius 3 is 2.38 bits per heavy atom. The van der Waals surface area contributed by atoms with Gasteiger partial charge in [0.1, 0.15) is 11.6 Å². The summed E-state index contributed by atoms with van der Waals surface area (Å²) in [5, 5.41) is 6.01. The molecule has 0 aliphatic rings. The number of nitrogens with zero attached hydrogens (tertiary/aromatic N) is 1. The molecule has 2 aromatic carbocycles. The molecule has 1 heterocycles. The molecule has 1 amide bonds. The molecule has 0 aliphatic heterocycles. The van der Waals surface area contributed by atoms with Crippen molar-refractivity contribution in [1.82, 2.24) is 4.98 Å². The number of nitrogens with one attached hydrogen (secondary N) is 2. The van der Waals surface area contributed by atoms with Gasteiger partial charge in [-0.3, -0.25) is 4.79 Å². The number of benzene rings is 2. The molecule has 0 saturated carbocycles. The lowest BCUT2D eigenvalue weighted by Gasteiger charge is -2.09. The van der Waals surface area contributed by atoms with Crippen molar-refractivity contribution in [3.63, 3.8) is 0 Å². The van der Waals surface area contributed by atoms with Crippen LogP contribution in [-0.4, -0.2) is 18.0 Å². The molecule has 5 nitrogen and oxygen atoms in total. The molecule has 0 fully saturated rings. The number of hydrogen-bond donors (Lipinski definition) is 2. The second-order valence-corrected chi connectivity index (χ2v) is 5.08. The highest BCUT2D eigenvalue weighted by molar-refractivity contribution is 6.05. The van der Waals surface area contributed by atoms with Crippen molar-refractivity contribution < 1.29 is 9.53 Å². The van der Waals surface area contributed by atoms with E-state index in [9.17, 15) is 4.79 Å². The van der Waals surface area contributed by atoms with Crippen LogP contribution < -0.4 is 15.4 Å². The van der Waals surface area contributed by atoms with E-state index in [-0.39, 0.29) is 5.91 Å². The Morgan fingerprint density at radius 2 is 1.67 bits per heavy atom. The molecule has 0 spiro atoms. The van der Waals surface area contributed by atoms with Gasteiger partial charge in [0.15, 0.2) is 0 Å². The van der Waals surface area contributed by atoms with Gasteiger partial charge in [-0.15, -0.1) is 0 Å². The summed E-state index contributed by atoms with van der Waals surface area (Å²) < 4.78 is 5.20. The Bertz CT molecular complexity index is 818. The molecule has 3 rings (SSSR count). The first-order valence-electron chi connectivity index (χ1n) is 7.49. The van der Waals surface area contributed by atoms with Crippen LogP contribution in [0.25, 0.3) is 0 Å². The molecule has 3 aromatic rings. The summed E-state index contributed by atoms with van der Waals surface area (Å²) in [7, 11) is 1.54. The summed E-state index contributed by atoms with van der Waals surface area (Å²) in [6, 6.07) is 20.5. The molecule has 0 atom stereocenters. The molecule has 0 aliphatic carbocycles. The third-order valence-electron chi connectivity index (χ3n) is 3.42. The molecule has 1 aromatic heterocycles. The second-order valence-electron chi connectivity index (χ2n) is 5.08. The zero-order valence-electron chi connectivity index (χ0n) is 13.2. The van der Waals surface area contributed by atoms with Crippen LogP contribution in [0.4, 0.5) is 17.2 Å². The number of carbonyl (C=O) groups excluding carboxylic acids is 1. The zero-order chi connectivity index (χ0) is 16.8. The third kappa shape index (κ3) is 3.70. The standard InChI is InChI=1S/C19H17N3O2/c1-24-17-10-6-5-9-16(17)19(23)22-18-12-11-15(13-20-18)21-14-7-3-2-4-8-14/h2-13,21H,1H3,(H,20,22,23). The molecule has 0 radical (unpaired) electrons. The van der Waals surface area contributed by atoms with Crippen LogP contribution in [0.1, 0.15) is 10.4 Å². The lowest BCUT2D eigenvalue weighted by Crippen LogP contribution is -2.14. The Labute approximate surface area is 140 Å². The van der Waals surface area contributed by atoms with Crippen molar-refractivity contribution in [3.05, 3.63) is 78.5 Å². The van der Waals surface area contributed by atoms with Crippen LogP contribution in [-0.2, 0) is 0 Å². The molecular formula is C19H17N3O2. The van der Waals surface area contributed by atoms with E-state index in [0.29, 0.717) is 17.1 Å². The summed E-state index contributed by atoms with van der Waals surface area (Å²) in [5.41, 5.74) is 2.29. The summed E-state index contributed by atoms with van der Waals surface area (Å²) in [6.07, 6.45) is 1.67. The van der Waals surface area contributed by atoms with Gasteiger partial charge in [0, 0.05) is 5.69 Å². The Balaban J connectivity index is 1.69. The highest BCUT2D eigenvalue weighted by atomic mass is 16.5. The molecule has 5 heteroatoms. The van der Waals surface area contributed by atoms with Crippen LogP contribution in [0, 0.1) is 0 Å². The van der Waals surface area contributed by atoms with Gasteiger partial charge in [0.2, 0.25) is 0 Å². The van der Waals surface area contributed by atoms with Gasteiger partial charge in [-0.1, -0.05) is 30.3 Å². The monoisotopic (exact) mass is 319 g/mol. The fourth-order valence-electron chi connectivity index (χ4n) is 2.25. The molecule has 0 unspecified atom stereocenters. The highest BCUT2D eigenvalue weighted by Crippen LogP contribution is 2.20. The van der Waals surface area contributed by atoms with E-state index in [1.807, 2.05) is 42.5 Å². The third-order valence-corrected chi connectivity index (χ3v) is 3.42. The lowest BCUT2D eigenvalue weighted by molar-refractivity contribution is 0.102. The number of amides is 1. The topological polar surface area (TPSA) is 63.2 Å². The van der Waals surface area contributed by atoms with Crippen molar-refractivity contribution in [1.29, 1.82) is 0 Å². The van der Waals surface area contributed by atoms with E-state index in [1.54, 1.807) is 30.5 Å². The Morgan fingerprint density at radius 1 is 0.917 bits per heavy atom. The number of carbonyl (C=O) groups is 1. The lowest BCUT2D eigenvalue weighted by atomic mass is 10.2. The smallest absolute Gasteiger partial charge is 0.260 e. The van der Waals surface area contributed by atoms with E-state index < -0.39 is 0 Å². The second kappa shape index (κ2) is 7.28. The number of hydrogen-bond acceptors (Lipinski definition) is 4. The quantitative estimate of drug-likeness (QED) is 0.743. The molecule has 0 bridgehead atoms. The largest absolute Gasteiger partial charge is 0.496 e. The highest BCUT2D eigenvalue weighted by Gasteiger charge is 2.12. The fourth-order valence-corrected chi connectivity index (χ4v) is 2.25. The van der Waals surface area contributed by atoms with Crippen molar-refractivity contribution in [2.45, 2.75) is 0 Å². The minimum absolute atomic E-state index is 0.260. The van der Waals surface area contributed by atoms with Crippen molar-refractivity contribution >= 4 is 23.1 Å². The molecular weight excluding hydrogens is 302 g/mol. The number of rotatable bonds is 5. The number of pyridine rings is 1. The van der Waals surface area contributed by atoms with Crippen molar-refractivity contribution in [2.75, 3.05) is 17.7 Å². The number of para-hydroxylation sites is 2. The van der Waals surface area contributed by atoms with Crippen molar-refractivity contribution in [3.8, 4) is 5.75 Å². The predicted octanol–water partition coefficient (Wildman–Crippen LogP) is 4.09. The maximum Gasteiger partial charge on any atom is 0.260 e. The molecule has 120 valence electrons. The first kappa shape index (κ1) is 15.6. The maximum atomic E-state index is 12.3. The van der Waals surface area contributed by atoms with E-state index in [1.165, 1.54) is 7.11 Å². The first-order chi connectivity index (χ1) is 11.8. The maximum absolute atomic E-state index is 12.3. The summed E-state index contributed by atoms with van der Waals surface area (Å²) >= 11 is 0. The average molecular weight is 319 g/mol. The van der Waals surface area contributed by atoms with E-state index in [2.05, 4.69) is 15.6 Å². The summed E-state index contributed by atoms with van der Waals surface area (Å²) in [6.45, 7) is 0. The fraction of sp³-hybridized carbons (Fsp3) is 0.0526. The Kier molecular flexibility index (Phi) is 4.72. The van der Waals surface area contributed by atoms with Crippen LogP contribution >= 0.6 is 0 Å². The number of methoxy groups -OCH3 is 1. The van der Waals surface area contributed by atoms with Gasteiger partial charge in [0.05, 0.1) is 24.6 Å². The van der Waals surface area contributed by atoms with Gasteiger partial charge in [-0.2, -0.15) is 0 Å². The van der Waals surface area contributed by atoms with Gasteiger partial charge in [-0.05, 0) is 36.4 Å². The minimum Gasteiger partial charge on any atom is -0.496 e. The van der Waals surface area contributed by atoms with Crippen LogP contribution in [0.3, 0.4) is 0 Å². The van der Waals surface area contributed by atoms with E-state index in [0.717, 1.165) is 11.4 Å². The van der Waals surface area contributed by atoms with Gasteiger partial charge < -0.3 is 15.4 Å². The first-order valence-corrected chi connectivity index (χ1v) is 7.49. The molecule has 2 N–H and O–H groups in total. The minimum atomic E-state index is -0.260. The predicted molar refractivity (Wildman–Crippen MR) is 94.9 cm³/mol. The summed E-state index contributed by atoms with van der Waals surface area (Å²) in [4.78, 5) is 16.6. The van der Waals surface area contributed by atoms with Crippen molar-refractivity contribution in [2.24, 2.45) is 0 Å². The normalized spacial score (nSPS) is 10.0. The number of aromatic nitrogens is 1. The molecule has 24 heavy (non-hydrogen) atoms. The zero-order valence-corrected chi connectivity index (χ0v) is 13.2. The van der Waals surface area contributed by atoms with Gasteiger partial charge in [0.25, 0.3) is 5.91 Å². The average Bonchev–Trinajstić information content (AvgIpc) is 2.64. The SMILES string of the molecule is COc1ccccc1C(=O)Nc1ccc(Nc2ccccc2)cn1. The molecule has 0 saturated heterocycles. The summed E-state index contributed by atoms with van der Waals surface area (Å²) in [5.74, 6) is 0.741. The van der Waals surface area contributed by atoms with E-state index >= 15 is 0 Å². The number of anilines is 3. The van der Waals surface area contributed by atoms with Crippen LogP contribution in [0.2, 0.25) is 0 Å². The van der Waals surface area contributed by atoms with Gasteiger partial charge in [-0.25, -0.2) is 4.98 Å². The Hall–Kier alpha value is -3.34. The van der Waals surface area contributed by atoms with Crippen LogP contribution in [0.5, 0.6) is 5.75 Å². The van der Waals surface area contributed by atoms with Gasteiger partial charge >= 0.3 is 0 Å². The number of ether oxygens (including phenoxy) is 1.